The summed E-state index contributed by atoms with van der Waals surface area (Å²) in [5.74, 6) is 0. The molecule has 0 radical (unpaired) electrons. The molecule has 1 N–H and O–H groups in total. The third kappa shape index (κ3) is 3.71. The lowest BCUT2D eigenvalue weighted by Crippen LogP contribution is -2.33. The van der Waals surface area contributed by atoms with Gasteiger partial charge in [-0.2, -0.15) is 0 Å². The first-order valence-corrected chi connectivity index (χ1v) is 7.52. The number of hydrogen-bond acceptors (Lipinski definition) is 1. The lowest BCUT2D eigenvalue weighted by Gasteiger charge is -2.35. The fourth-order valence-electron chi connectivity index (χ4n) is 2.71. The van der Waals surface area contributed by atoms with Crippen LogP contribution in [-0.2, 0) is 0 Å². The monoisotopic (exact) mass is 268 g/mol. The molecule has 1 heteroatoms. The Balaban J connectivity index is 2.07. The first-order valence-electron chi connectivity index (χ1n) is 7.52. The number of allylic oxidation sites excluding steroid dienone is 3. The quantitative estimate of drug-likeness (QED) is 0.789. The van der Waals surface area contributed by atoms with E-state index < -0.39 is 0 Å². The third-order valence-electron chi connectivity index (χ3n) is 4.03. The molecule has 1 aromatic carbocycles. The fraction of sp³-hybridized carbons (Fsp3) is 0.368. The van der Waals surface area contributed by atoms with E-state index in [2.05, 4.69) is 43.4 Å². The van der Waals surface area contributed by atoms with Gasteiger partial charge in [-0.25, -0.2) is 0 Å². The second-order valence-corrected chi connectivity index (χ2v) is 5.54. The van der Waals surface area contributed by atoms with E-state index in [1.165, 1.54) is 5.56 Å². The van der Waals surface area contributed by atoms with E-state index in [1.54, 1.807) is 0 Å². The summed E-state index contributed by atoms with van der Waals surface area (Å²) in [6, 6.07) is 10.3. The molecule has 0 amide bonds. The Morgan fingerprint density at radius 3 is 2.70 bits per heavy atom. The minimum absolute atomic E-state index is 0.129. The summed E-state index contributed by atoms with van der Waals surface area (Å²) in [5, 5.41) is 10.4. The molecule has 0 bridgehead atoms. The highest BCUT2D eigenvalue weighted by atomic mass is 16.3. The molecule has 20 heavy (non-hydrogen) atoms. The average molecular weight is 268 g/mol. The van der Waals surface area contributed by atoms with Crippen molar-refractivity contribution in [1.82, 2.24) is 0 Å². The minimum Gasteiger partial charge on any atom is -0.388 e. The summed E-state index contributed by atoms with van der Waals surface area (Å²) in [5.41, 5.74) is 1.08. The Hall–Kier alpha value is -1.60. The van der Waals surface area contributed by atoms with Crippen molar-refractivity contribution in [3.63, 3.8) is 0 Å². The topological polar surface area (TPSA) is 20.2 Å². The Labute approximate surface area is 122 Å². The Morgan fingerprint density at radius 2 is 2.00 bits per heavy atom. The highest BCUT2D eigenvalue weighted by Crippen LogP contribution is 2.38. The standard InChI is InChI=1S/C19H24O/c1-2-3-14-19(15-8-7-13-18(19)20)16-9-12-17-10-5-4-6-11-17/h4-13,15,18,20H,2-3,14,16H2,1H3/b12-9+. The van der Waals surface area contributed by atoms with Crippen molar-refractivity contribution in [3.8, 4) is 0 Å². The summed E-state index contributed by atoms with van der Waals surface area (Å²) in [6.45, 7) is 2.20. The average Bonchev–Trinajstić information content (AvgIpc) is 2.49. The van der Waals surface area contributed by atoms with E-state index in [-0.39, 0.29) is 11.5 Å². The van der Waals surface area contributed by atoms with Crippen LogP contribution in [0.25, 0.3) is 6.08 Å². The Bertz CT molecular complexity index is 484. The number of rotatable bonds is 6. The summed E-state index contributed by atoms with van der Waals surface area (Å²) in [6.07, 6.45) is 16.3. The van der Waals surface area contributed by atoms with Crippen LogP contribution in [0.3, 0.4) is 0 Å². The molecule has 0 spiro atoms. The van der Waals surface area contributed by atoms with Crippen LogP contribution in [0, 0.1) is 5.41 Å². The molecule has 0 saturated heterocycles. The van der Waals surface area contributed by atoms with Gasteiger partial charge in [0.25, 0.3) is 0 Å². The van der Waals surface area contributed by atoms with Crippen molar-refractivity contribution in [1.29, 1.82) is 0 Å². The molecular weight excluding hydrogens is 244 g/mol. The second kappa shape index (κ2) is 7.25. The molecule has 2 rings (SSSR count). The van der Waals surface area contributed by atoms with Gasteiger partial charge in [-0.3, -0.25) is 0 Å². The summed E-state index contributed by atoms with van der Waals surface area (Å²) in [4.78, 5) is 0. The van der Waals surface area contributed by atoms with Crippen LogP contribution in [-0.4, -0.2) is 11.2 Å². The maximum atomic E-state index is 10.4. The number of hydrogen-bond donors (Lipinski definition) is 1. The fourth-order valence-corrected chi connectivity index (χ4v) is 2.71. The molecule has 1 aromatic rings. The van der Waals surface area contributed by atoms with Crippen molar-refractivity contribution in [2.45, 2.75) is 38.7 Å². The van der Waals surface area contributed by atoms with Crippen molar-refractivity contribution in [2.24, 2.45) is 5.41 Å². The summed E-state index contributed by atoms with van der Waals surface area (Å²) in [7, 11) is 0. The van der Waals surface area contributed by atoms with E-state index in [1.807, 2.05) is 30.4 Å². The first-order chi connectivity index (χ1) is 9.77. The molecular formula is C19H24O. The molecule has 2 unspecified atom stereocenters. The zero-order chi connectivity index (χ0) is 14.3. The molecule has 0 heterocycles. The van der Waals surface area contributed by atoms with Gasteiger partial charge in [0, 0.05) is 5.41 Å². The number of benzene rings is 1. The highest BCUT2D eigenvalue weighted by molar-refractivity contribution is 5.49. The number of aliphatic hydroxyl groups excluding tert-OH is 1. The van der Waals surface area contributed by atoms with E-state index >= 15 is 0 Å². The lowest BCUT2D eigenvalue weighted by atomic mass is 9.72. The van der Waals surface area contributed by atoms with Gasteiger partial charge < -0.3 is 5.11 Å². The van der Waals surface area contributed by atoms with Crippen molar-refractivity contribution in [3.05, 3.63) is 66.3 Å². The van der Waals surface area contributed by atoms with Gasteiger partial charge in [0.15, 0.2) is 0 Å². The van der Waals surface area contributed by atoms with Crippen LogP contribution in [0.1, 0.15) is 38.2 Å². The minimum atomic E-state index is -0.375. The van der Waals surface area contributed by atoms with E-state index in [0.717, 1.165) is 25.7 Å². The SMILES string of the molecule is CCCCC1(C/C=C/c2ccccc2)C=CC=CC1O. The Kier molecular flexibility index (Phi) is 5.37. The van der Waals surface area contributed by atoms with Gasteiger partial charge in [0.05, 0.1) is 6.10 Å². The van der Waals surface area contributed by atoms with Crippen LogP contribution in [0.2, 0.25) is 0 Å². The molecule has 0 aliphatic heterocycles. The van der Waals surface area contributed by atoms with E-state index in [0.29, 0.717) is 0 Å². The number of aliphatic hydroxyl groups is 1. The maximum Gasteiger partial charge on any atom is 0.0817 e. The molecule has 106 valence electrons. The Morgan fingerprint density at radius 1 is 1.20 bits per heavy atom. The molecule has 0 fully saturated rings. The predicted molar refractivity (Wildman–Crippen MR) is 86.3 cm³/mol. The molecule has 0 aromatic heterocycles. The molecule has 1 aliphatic rings. The predicted octanol–water partition coefficient (Wildman–Crippen LogP) is 4.75. The second-order valence-electron chi connectivity index (χ2n) is 5.54. The largest absolute Gasteiger partial charge is 0.388 e. The van der Waals surface area contributed by atoms with Gasteiger partial charge in [-0.05, 0) is 18.4 Å². The number of unbranched alkanes of at least 4 members (excludes halogenated alkanes) is 1. The van der Waals surface area contributed by atoms with Crippen LogP contribution < -0.4 is 0 Å². The zero-order valence-electron chi connectivity index (χ0n) is 12.2. The molecule has 1 nitrogen and oxygen atoms in total. The normalized spacial score (nSPS) is 25.4. The highest BCUT2D eigenvalue weighted by Gasteiger charge is 2.33. The van der Waals surface area contributed by atoms with Gasteiger partial charge in [0.1, 0.15) is 0 Å². The van der Waals surface area contributed by atoms with E-state index in [9.17, 15) is 5.11 Å². The van der Waals surface area contributed by atoms with Gasteiger partial charge in [-0.1, -0.05) is 86.6 Å². The van der Waals surface area contributed by atoms with Crippen LogP contribution in [0.15, 0.2) is 60.7 Å². The zero-order valence-corrected chi connectivity index (χ0v) is 12.2. The maximum absolute atomic E-state index is 10.4. The van der Waals surface area contributed by atoms with Crippen molar-refractivity contribution >= 4 is 6.08 Å². The van der Waals surface area contributed by atoms with Gasteiger partial charge in [-0.15, -0.1) is 0 Å². The third-order valence-corrected chi connectivity index (χ3v) is 4.03. The van der Waals surface area contributed by atoms with Crippen molar-refractivity contribution < 1.29 is 5.11 Å². The van der Waals surface area contributed by atoms with Crippen LogP contribution in [0.5, 0.6) is 0 Å². The van der Waals surface area contributed by atoms with Crippen LogP contribution in [0.4, 0.5) is 0 Å². The smallest absolute Gasteiger partial charge is 0.0817 e. The van der Waals surface area contributed by atoms with Crippen LogP contribution >= 0.6 is 0 Å². The molecule has 1 aliphatic carbocycles. The van der Waals surface area contributed by atoms with E-state index in [4.69, 9.17) is 0 Å². The lowest BCUT2D eigenvalue weighted by molar-refractivity contribution is 0.0900. The van der Waals surface area contributed by atoms with Gasteiger partial charge in [0.2, 0.25) is 0 Å². The first kappa shape index (κ1) is 14.8. The van der Waals surface area contributed by atoms with Crippen molar-refractivity contribution in [2.75, 3.05) is 0 Å². The van der Waals surface area contributed by atoms with Gasteiger partial charge >= 0.3 is 0 Å². The summed E-state index contributed by atoms with van der Waals surface area (Å²) >= 11 is 0. The summed E-state index contributed by atoms with van der Waals surface area (Å²) < 4.78 is 0. The molecule has 0 saturated carbocycles. The molecule has 2 atom stereocenters.